The third kappa shape index (κ3) is 9.08. The third-order valence-electron chi connectivity index (χ3n) is 7.78. The van der Waals surface area contributed by atoms with Gasteiger partial charge in [-0.05, 0) is 52.9 Å². The lowest BCUT2D eigenvalue weighted by atomic mass is 9.99. The van der Waals surface area contributed by atoms with Gasteiger partial charge in [-0.3, -0.25) is 9.59 Å². The van der Waals surface area contributed by atoms with Crippen LogP contribution in [0.4, 0.5) is 0 Å². The summed E-state index contributed by atoms with van der Waals surface area (Å²) in [5.74, 6) is -1.31. The molecule has 4 unspecified atom stereocenters. The SMILES string of the molecule is CC(=O)OC(C)C(=O)NCc1cccc(-c2ccc(C3OC(CSc4ccccc4C(=O)O)CC(c4ccc(CO)cc4)O3)cc2)c1. The third-order valence-corrected chi connectivity index (χ3v) is 8.98. The molecule has 4 atom stereocenters. The zero-order valence-corrected chi connectivity index (χ0v) is 26.9. The number of ether oxygens (including phenoxy) is 3. The fraction of sp³-hybridized carbons (Fsp3) is 0.270. The molecule has 9 nitrogen and oxygen atoms in total. The number of carbonyl (C=O) groups excluding carboxylic acids is 2. The molecular weight excluding hydrogens is 618 g/mol. The van der Waals surface area contributed by atoms with Gasteiger partial charge in [-0.15, -0.1) is 11.8 Å². The van der Waals surface area contributed by atoms with Gasteiger partial charge in [0.05, 0.1) is 24.4 Å². The van der Waals surface area contributed by atoms with Gasteiger partial charge in [-0.1, -0.05) is 78.9 Å². The van der Waals surface area contributed by atoms with Crippen LogP contribution < -0.4 is 5.32 Å². The van der Waals surface area contributed by atoms with Gasteiger partial charge in [0.25, 0.3) is 5.91 Å². The van der Waals surface area contributed by atoms with Gasteiger partial charge in [-0.2, -0.15) is 0 Å². The summed E-state index contributed by atoms with van der Waals surface area (Å²) in [5, 5.41) is 21.9. The summed E-state index contributed by atoms with van der Waals surface area (Å²) in [6, 6.07) is 30.4. The molecule has 0 bridgehead atoms. The van der Waals surface area contributed by atoms with E-state index in [-0.39, 0.29) is 36.8 Å². The number of esters is 1. The minimum Gasteiger partial charge on any atom is -0.478 e. The highest BCUT2D eigenvalue weighted by molar-refractivity contribution is 7.99. The minimum absolute atomic E-state index is 0.0427. The van der Waals surface area contributed by atoms with Crippen LogP contribution in [0.25, 0.3) is 11.1 Å². The van der Waals surface area contributed by atoms with E-state index in [1.165, 1.54) is 25.6 Å². The van der Waals surface area contributed by atoms with Crippen molar-refractivity contribution in [2.75, 3.05) is 5.75 Å². The van der Waals surface area contributed by atoms with Crippen molar-refractivity contribution in [3.8, 4) is 11.1 Å². The summed E-state index contributed by atoms with van der Waals surface area (Å²) in [4.78, 5) is 35.8. The first kappa shape index (κ1) is 33.9. The molecule has 1 aliphatic heterocycles. The largest absolute Gasteiger partial charge is 0.478 e. The fourth-order valence-electron chi connectivity index (χ4n) is 5.30. The zero-order valence-electron chi connectivity index (χ0n) is 26.1. The molecule has 0 saturated carbocycles. The molecule has 10 heteroatoms. The van der Waals surface area contributed by atoms with Gasteiger partial charge >= 0.3 is 11.9 Å². The lowest BCUT2D eigenvalue weighted by Crippen LogP contribution is -2.35. The van der Waals surface area contributed by atoms with Gasteiger partial charge in [0.2, 0.25) is 0 Å². The number of amides is 1. The number of rotatable bonds is 12. The normalized spacial score (nSPS) is 18.2. The standard InChI is InChI=1S/C37H37NO8S/c1-23(44-24(2)40)35(41)38-20-26-6-5-7-30(18-26)27-14-16-29(17-15-27)37-45-31(22-47-34-9-4-3-8-32(34)36(42)43)19-33(46-37)28-12-10-25(21-39)11-13-28/h3-18,23,31,33,37,39H,19-22H2,1-2H3,(H,38,41)(H,42,43). The average molecular weight is 656 g/mol. The number of aliphatic hydroxyl groups is 1. The Balaban J connectivity index is 1.30. The molecular formula is C37H37NO8S. The van der Waals surface area contributed by atoms with Crippen molar-refractivity contribution in [3.63, 3.8) is 0 Å². The molecule has 1 saturated heterocycles. The summed E-state index contributed by atoms with van der Waals surface area (Å²) in [6.45, 7) is 3.04. The summed E-state index contributed by atoms with van der Waals surface area (Å²) >= 11 is 1.45. The monoisotopic (exact) mass is 655 g/mol. The van der Waals surface area contributed by atoms with Crippen molar-refractivity contribution in [3.05, 3.63) is 125 Å². The van der Waals surface area contributed by atoms with Crippen molar-refractivity contribution < 1.29 is 38.8 Å². The molecule has 5 rings (SSSR count). The van der Waals surface area contributed by atoms with E-state index in [4.69, 9.17) is 14.2 Å². The maximum absolute atomic E-state index is 12.3. The number of aromatic carboxylic acids is 1. The quantitative estimate of drug-likeness (QED) is 0.116. The maximum Gasteiger partial charge on any atom is 0.336 e. The molecule has 3 N–H and O–H groups in total. The van der Waals surface area contributed by atoms with E-state index in [2.05, 4.69) is 5.32 Å². The molecule has 47 heavy (non-hydrogen) atoms. The highest BCUT2D eigenvalue weighted by atomic mass is 32.2. The predicted octanol–water partition coefficient (Wildman–Crippen LogP) is 6.45. The molecule has 244 valence electrons. The van der Waals surface area contributed by atoms with Crippen molar-refractivity contribution >= 4 is 29.6 Å². The van der Waals surface area contributed by atoms with Crippen LogP contribution in [-0.2, 0) is 37.0 Å². The lowest BCUT2D eigenvalue weighted by molar-refractivity contribution is -0.245. The average Bonchev–Trinajstić information content (AvgIpc) is 3.09. The first-order chi connectivity index (χ1) is 22.7. The van der Waals surface area contributed by atoms with Gasteiger partial charge < -0.3 is 29.7 Å². The van der Waals surface area contributed by atoms with Crippen molar-refractivity contribution in [1.29, 1.82) is 0 Å². The molecule has 4 aromatic carbocycles. The lowest BCUT2D eigenvalue weighted by Gasteiger charge is -2.36. The van der Waals surface area contributed by atoms with Crippen LogP contribution in [0.1, 0.15) is 65.3 Å². The molecule has 4 aromatic rings. The van der Waals surface area contributed by atoms with Crippen LogP contribution in [0.15, 0.2) is 102 Å². The Hall–Kier alpha value is -4.48. The van der Waals surface area contributed by atoms with E-state index in [1.807, 2.05) is 78.9 Å². The number of hydrogen-bond acceptors (Lipinski definition) is 8. The van der Waals surface area contributed by atoms with Gasteiger partial charge in [0, 0.05) is 36.1 Å². The molecule has 0 radical (unpaired) electrons. The Labute approximate surface area is 277 Å². The maximum atomic E-state index is 12.3. The zero-order chi connectivity index (χ0) is 33.3. The second-order valence-corrected chi connectivity index (χ2v) is 12.3. The number of carbonyl (C=O) groups is 3. The Morgan fingerprint density at radius 1 is 0.894 bits per heavy atom. The van der Waals surface area contributed by atoms with Crippen molar-refractivity contribution in [2.24, 2.45) is 0 Å². The second kappa shape index (κ2) is 15.9. The first-order valence-electron chi connectivity index (χ1n) is 15.3. The van der Waals surface area contributed by atoms with E-state index in [0.29, 0.717) is 17.1 Å². The second-order valence-electron chi connectivity index (χ2n) is 11.3. The summed E-state index contributed by atoms with van der Waals surface area (Å²) in [5.41, 5.74) is 5.72. The van der Waals surface area contributed by atoms with Crippen molar-refractivity contribution in [1.82, 2.24) is 5.32 Å². The van der Waals surface area contributed by atoms with Crippen LogP contribution in [0.3, 0.4) is 0 Å². The number of carboxylic acid groups (broad SMARTS) is 1. The molecule has 0 aliphatic carbocycles. The van der Waals surface area contributed by atoms with E-state index in [1.54, 1.807) is 18.2 Å². The molecule has 0 spiro atoms. The van der Waals surface area contributed by atoms with E-state index < -0.39 is 24.3 Å². The Morgan fingerprint density at radius 3 is 2.32 bits per heavy atom. The predicted molar refractivity (Wildman–Crippen MR) is 177 cm³/mol. The van der Waals surface area contributed by atoms with E-state index in [0.717, 1.165) is 33.4 Å². The Morgan fingerprint density at radius 2 is 1.62 bits per heavy atom. The van der Waals surface area contributed by atoms with Crippen LogP contribution in [0, 0.1) is 0 Å². The number of carboxylic acids is 1. The summed E-state index contributed by atoms with van der Waals surface area (Å²) < 4.78 is 17.9. The van der Waals surface area contributed by atoms with Gasteiger partial charge in [0.15, 0.2) is 12.4 Å². The number of nitrogens with one attached hydrogen (secondary N) is 1. The van der Waals surface area contributed by atoms with Crippen LogP contribution in [-0.4, -0.2) is 46.0 Å². The van der Waals surface area contributed by atoms with E-state index in [9.17, 15) is 24.6 Å². The molecule has 0 aromatic heterocycles. The highest BCUT2D eigenvalue weighted by Gasteiger charge is 2.32. The summed E-state index contributed by atoms with van der Waals surface area (Å²) in [7, 11) is 0. The number of thioether (sulfide) groups is 1. The van der Waals surface area contributed by atoms with Crippen LogP contribution >= 0.6 is 11.8 Å². The molecule has 1 aliphatic rings. The number of benzene rings is 4. The summed E-state index contributed by atoms with van der Waals surface area (Å²) in [6.07, 6.45) is -1.43. The highest BCUT2D eigenvalue weighted by Crippen LogP contribution is 2.40. The van der Waals surface area contributed by atoms with Crippen LogP contribution in [0.5, 0.6) is 0 Å². The van der Waals surface area contributed by atoms with E-state index >= 15 is 0 Å². The van der Waals surface area contributed by atoms with Gasteiger partial charge in [-0.25, -0.2) is 4.79 Å². The molecule has 1 amide bonds. The van der Waals surface area contributed by atoms with Gasteiger partial charge in [0.1, 0.15) is 0 Å². The van der Waals surface area contributed by atoms with Crippen molar-refractivity contribution in [2.45, 2.75) is 62.9 Å². The molecule has 1 fully saturated rings. The topological polar surface area (TPSA) is 131 Å². The Bertz CT molecular complexity index is 1690. The Kier molecular flexibility index (Phi) is 11.4. The first-order valence-corrected chi connectivity index (χ1v) is 16.3. The van der Waals surface area contributed by atoms with Crippen LogP contribution in [0.2, 0.25) is 0 Å². The molecule has 1 heterocycles. The minimum atomic E-state index is -0.968. The fourth-order valence-corrected chi connectivity index (χ4v) is 6.37. The number of aliphatic hydroxyl groups excluding tert-OH is 1. The smallest absolute Gasteiger partial charge is 0.336 e. The number of hydrogen-bond donors (Lipinski definition) is 3.